The summed E-state index contributed by atoms with van der Waals surface area (Å²) in [6, 6.07) is -4.52. The summed E-state index contributed by atoms with van der Waals surface area (Å²) in [5.41, 5.74) is 6.39. The fraction of sp³-hybridized carbons (Fsp3) is 0.652. The van der Waals surface area contributed by atoms with Gasteiger partial charge in [0.25, 0.3) is 0 Å². The number of aromatic nitrogens is 2. The van der Waals surface area contributed by atoms with Gasteiger partial charge in [-0.3, -0.25) is 19.2 Å². The van der Waals surface area contributed by atoms with Gasteiger partial charge in [0, 0.05) is 24.7 Å². The minimum atomic E-state index is -1.28. The van der Waals surface area contributed by atoms with E-state index in [0.29, 0.717) is 12.1 Å². The average Bonchev–Trinajstić information content (AvgIpc) is 3.27. The Morgan fingerprint density at radius 1 is 0.889 bits per heavy atom. The minimum Gasteiger partial charge on any atom is -0.481 e. The number of carbonyl (C=O) groups is 5. The van der Waals surface area contributed by atoms with E-state index in [0.717, 1.165) is 0 Å². The summed E-state index contributed by atoms with van der Waals surface area (Å²) < 4.78 is 0. The van der Waals surface area contributed by atoms with Crippen LogP contribution in [0.25, 0.3) is 0 Å². The molecule has 0 bridgehead atoms. The monoisotopic (exact) mass is 510 g/mol. The molecule has 0 fully saturated rings. The second-order valence-corrected chi connectivity index (χ2v) is 9.60. The molecule has 0 saturated heterocycles. The van der Waals surface area contributed by atoms with Crippen molar-refractivity contribution in [1.82, 2.24) is 25.9 Å². The Labute approximate surface area is 210 Å². The van der Waals surface area contributed by atoms with E-state index >= 15 is 0 Å². The molecule has 13 nitrogen and oxygen atoms in total. The van der Waals surface area contributed by atoms with Gasteiger partial charge in [-0.2, -0.15) is 0 Å². The van der Waals surface area contributed by atoms with Crippen LogP contribution in [0.1, 0.15) is 59.1 Å². The highest BCUT2D eigenvalue weighted by molar-refractivity contribution is 5.94. The SMILES string of the molecule is CC(C)CC(N)C(=O)NC(CCC(=O)O)C(=O)NC(CC(C)C)C(=O)NC(Cc1cnc[nH]1)C(=O)O. The van der Waals surface area contributed by atoms with Gasteiger partial charge in [0.2, 0.25) is 17.7 Å². The summed E-state index contributed by atoms with van der Waals surface area (Å²) >= 11 is 0. The van der Waals surface area contributed by atoms with Gasteiger partial charge in [0.15, 0.2) is 0 Å². The second kappa shape index (κ2) is 14.8. The Kier molecular flexibility index (Phi) is 12.6. The molecule has 1 aromatic rings. The number of nitrogens with zero attached hydrogens (tertiary/aromatic N) is 1. The van der Waals surface area contributed by atoms with Crippen molar-refractivity contribution in [2.45, 2.75) is 84.0 Å². The molecular weight excluding hydrogens is 472 g/mol. The van der Waals surface area contributed by atoms with Gasteiger partial charge in [-0.25, -0.2) is 9.78 Å². The average molecular weight is 511 g/mol. The maximum absolute atomic E-state index is 13.0. The van der Waals surface area contributed by atoms with E-state index in [-0.39, 0.29) is 31.1 Å². The van der Waals surface area contributed by atoms with Gasteiger partial charge in [-0.1, -0.05) is 27.7 Å². The molecule has 8 N–H and O–H groups in total. The maximum Gasteiger partial charge on any atom is 0.326 e. The maximum atomic E-state index is 13.0. The smallest absolute Gasteiger partial charge is 0.326 e. The quantitative estimate of drug-likeness (QED) is 0.156. The van der Waals surface area contributed by atoms with Crippen LogP contribution in [0, 0.1) is 11.8 Å². The van der Waals surface area contributed by atoms with E-state index in [1.165, 1.54) is 12.5 Å². The fourth-order valence-electron chi connectivity index (χ4n) is 3.49. The van der Waals surface area contributed by atoms with E-state index in [2.05, 4.69) is 25.9 Å². The van der Waals surface area contributed by atoms with E-state index in [4.69, 9.17) is 10.8 Å². The number of nitrogens with one attached hydrogen (secondary N) is 4. The minimum absolute atomic E-state index is 0.0472. The number of nitrogens with two attached hydrogens (primary N) is 1. The normalized spacial score (nSPS) is 14.5. The Bertz CT molecular complexity index is 888. The van der Waals surface area contributed by atoms with Gasteiger partial charge in [0.05, 0.1) is 12.4 Å². The van der Waals surface area contributed by atoms with Crippen LogP contribution >= 0.6 is 0 Å². The highest BCUT2D eigenvalue weighted by Gasteiger charge is 2.31. The number of rotatable bonds is 16. The lowest BCUT2D eigenvalue weighted by Gasteiger charge is -2.26. The van der Waals surface area contributed by atoms with Crippen molar-refractivity contribution in [3.63, 3.8) is 0 Å². The molecule has 1 rings (SSSR count). The number of carboxylic acid groups (broad SMARTS) is 2. The number of imidazole rings is 1. The van der Waals surface area contributed by atoms with Gasteiger partial charge >= 0.3 is 11.9 Å². The van der Waals surface area contributed by atoms with Crippen LogP contribution in [-0.4, -0.2) is 74.0 Å². The molecule has 1 heterocycles. The Balaban J connectivity index is 3.00. The predicted octanol–water partition coefficient (Wildman–Crippen LogP) is -0.224. The van der Waals surface area contributed by atoms with Gasteiger partial charge in [0.1, 0.15) is 18.1 Å². The molecule has 0 aliphatic heterocycles. The van der Waals surface area contributed by atoms with Crippen molar-refractivity contribution in [1.29, 1.82) is 0 Å². The first-order valence-electron chi connectivity index (χ1n) is 11.9. The Morgan fingerprint density at radius 2 is 1.44 bits per heavy atom. The van der Waals surface area contributed by atoms with Gasteiger partial charge in [-0.05, 0) is 31.1 Å². The predicted molar refractivity (Wildman–Crippen MR) is 129 cm³/mol. The lowest BCUT2D eigenvalue weighted by Crippen LogP contribution is -2.57. The number of amides is 3. The zero-order chi connectivity index (χ0) is 27.4. The summed E-state index contributed by atoms with van der Waals surface area (Å²) in [5, 5.41) is 26.1. The third-order valence-corrected chi connectivity index (χ3v) is 5.28. The van der Waals surface area contributed by atoms with Crippen LogP contribution in [0.2, 0.25) is 0 Å². The van der Waals surface area contributed by atoms with Crippen LogP contribution in [0.15, 0.2) is 12.5 Å². The number of aliphatic carboxylic acids is 2. The first kappa shape index (κ1) is 30.6. The van der Waals surface area contributed by atoms with Crippen LogP contribution in [0.4, 0.5) is 0 Å². The van der Waals surface area contributed by atoms with Gasteiger partial charge < -0.3 is 36.9 Å². The van der Waals surface area contributed by atoms with Crippen LogP contribution in [0.5, 0.6) is 0 Å². The lowest BCUT2D eigenvalue weighted by atomic mass is 10.0. The number of H-pyrrole nitrogens is 1. The van der Waals surface area contributed by atoms with E-state index in [1.807, 2.05) is 27.7 Å². The third-order valence-electron chi connectivity index (χ3n) is 5.28. The topological polar surface area (TPSA) is 217 Å². The van der Waals surface area contributed by atoms with E-state index < -0.39 is 60.2 Å². The summed E-state index contributed by atoms with van der Waals surface area (Å²) in [7, 11) is 0. The first-order valence-corrected chi connectivity index (χ1v) is 11.9. The first-order chi connectivity index (χ1) is 16.8. The summed E-state index contributed by atoms with van der Waals surface area (Å²) in [6.07, 6.45) is 2.71. The molecule has 0 aromatic carbocycles. The van der Waals surface area contributed by atoms with Crippen molar-refractivity contribution in [2.75, 3.05) is 0 Å². The number of hydrogen-bond acceptors (Lipinski definition) is 7. The fourth-order valence-corrected chi connectivity index (χ4v) is 3.49. The van der Waals surface area contributed by atoms with Crippen molar-refractivity contribution in [3.8, 4) is 0 Å². The molecule has 202 valence electrons. The van der Waals surface area contributed by atoms with Crippen molar-refractivity contribution in [3.05, 3.63) is 18.2 Å². The molecular formula is C23H38N6O7. The molecule has 0 spiro atoms. The molecule has 4 atom stereocenters. The summed E-state index contributed by atoms with van der Waals surface area (Å²) in [5.74, 6) is -4.44. The molecule has 13 heteroatoms. The summed E-state index contributed by atoms with van der Waals surface area (Å²) in [4.78, 5) is 67.9. The highest BCUT2D eigenvalue weighted by atomic mass is 16.4. The van der Waals surface area contributed by atoms with Crippen LogP contribution in [0.3, 0.4) is 0 Å². The zero-order valence-electron chi connectivity index (χ0n) is 21.1. The lowest BCUT2D eigenvalue weighted by molar-refractivity contribution is -0.142. The molecule has 36 heavy (non-hydrogen) atoms. The molecule has 0 aliphatic carbocycles. The zero-order valence-corrected chi connectivity index (χ0v) is 21.1. The largest absolute Gasteiger partial charge is 0.481 e. The second-order valence-electron chi connectivity index (χ2n) is 9.60. The summed E-state index contributed by atoms with van der Waals surface area (Å²) in [6.45, 7) is 7.40. The van der Waals surface area contributed by atoms with E-state index in [9.17, 15) is 29.1 Å². The van der Waals surface area contributed by atoms with Crippen molar-refractivity contribution < 1.29 is 34.2 Å². The Morgan fingerprint density at radius 3 is 1.94 bits per heavy atom. The molecule has 0 aliphatic rings. The highest BCUT2D eigenvalue weighted by Crippen LogP contribution is 2.09. The molecule has 0 saturated carbocycles. The van der Waals surface area contributed by atoms with Crippen molar-refractivity contribution in [2.24, 2.45) is 17.6 Å². The van der Waals surface area contributed by atoms with E-state index in [1.54, 1.807) is 0 Å². The van der Waals surface area contributed by atoms with Gasteiger partial charge in [-0.15, -0.1) is 0 Å². The molecule has 3 amide bonds. The Hall–Kier alpha value is -3.48. The molecule has 4 unspecified atom stereocenters. The number of hydrogen-bond donors (Lipinski definition) is 7. The third kappa shape index (κ3) is 11.3. The van der Waals surface area contributed by atoms with Crippen LogP contribution < -0.4 is 21.7 Å². The number of carboxylic acids is 2. The van der Waals surface area contributed by atoms with Crippen LogP contribution in [-0.2, 0) is 30.4 Å². The molecule has 0 radical (unpaired) electrons. The van der Waals surface area contributed by atoms with Crippen molar-refractivity contribution >= 4 is 29.7 Å². The number of aromatic amines is 1. The standard InChI is InChI=1S/C23H38N6O7/c1-12(2)7-15(24)20(32)27-16(5-6-19(30)31)21(33)28-17(8-13(3)4)22(34)29-18(23(35)36)9-14-10-25-11-26-14/h10-13,15-18H,5-9,24H2,1-4H3,(H,25,26)(H,27,32)(H,28,33)(H,29,34)(H,30,31)(H,35,36). The molecule has 1 aromatic heterocycles. The number of carbonyl (C=O) groups excluding carboxylic acids is 3.